The maximum atomic E-state index is 11.5. The summed E-state index contributed by atoms with van der Waals surface area (Å²) in [5.74, 6) is 0.0370. The Labute approximate surface area is 97.2 Å². The molecule has 0 fully saturated rings. The Morgan fingerprint density at radius 3 is 2.50 bits per heavy atom. The molecule has 0 aliphatic heterocycles. The SMILES string of the molecule is CCNCC(=O)NC(C)c1ccc(C)cc1. The van der Waals surface area contributed by atoms with Crippen LogP contribution in [-0.2, 0) is 4.79 Å². The monoisotopic (exact) mass is 220 g/mol. The Morgan fingerprint density at radius 2 is 1.94 bits per heavy atom. The van der Waals surface area contributed by atoms with E-state index in [9.17, 15) is 4.79 Å². The van der Waals surface area contributed by atoms with Gasteiger partial charge in [0.25, 0.3) is 0 Å². The first kappa shape index (κ1) is 12.7. The molecule has 2 N–H and O–H groups in total. The van der Waals surface area contributed by atoms with Crippen LogP contribution < -0.4 is 10.6 Å². The molecule has 88 valence electrons. The van der Waals surface area contributed by atoms with Crippen molar-refractivity contribution in [2.75, 3.05) is 13.1 Å². The number of benzene rings is 1. The lowest BCUT2D eigenvalue weighted by Crippen LogP contribution is -2.35. The van der Waals surface area contributed by atoms with Crippen LogP contribution in [0.1, 0.15) is 31.0 Å². The summed E-state index contributed by atoms with van der Waals surface area (Å²) in [5.41, 5.74) is 2.37. The summed E-state index contributed by atoms with van der Waals surface area (Å²) in [4.78, 5) is 11.5. The topological polar surface area (TPSA) is 41.1 Å². The van der Waals surface area contributed by atoms with Crippen LogP contribution in [0.2, 0.25) is 0 Å². The second kappa shape index (κ2) is 6.28. The molecule has 1 aromatic rings. The molecule has 1 aromatic carbocycles. The number of amides is 1. The van der Waals surface area contributed by atoms with Crippen LogP contribution in [0.25, 0.3) is 0 Å². The molecular formula is C13H20N2O. The fourth-order valence-electron chi connectivity index (χ4n) is 1.47. The highest BCUT2D eigenvalue weighted by molar-refractivity contribution is 5.78. The van der Waals surface area contributed by atoms with Gasteiger partial charge in [0.15, 0.2) is 0 Å². The van der Waals surface area contributed by atoms with Gasteiger partial charge in [-0.2, -0.15) is 0 Å². The van der Waals surface area contributed by atoms with Crippen molar-refractivity contribution < 1.29 is 4.79 Å². The molecule has 1 atom stereocenters. The molecule has 0 bridgehead atoms. The van der Waals surface area contributed by atoms with E-state index in [0.29, 0.717) is 6.54 Å². The van der Waals surface area contributed by atoms with Gasteiger partial charge in [-0.3, -0.25) is 4.79 Å². The lowest BCUT2D eigenvalue weighted by Gasteiger charge is -2.14. The van der Waals surface area contributed by atoms with Gasteiger partial charge in [-0.05, 0) is 26.0 Å². The second-order valence-electron chi connectivity index (χ2n) is 3.98. The second-order valence-corrected chi connectivity index (χ2v) is 3.98. The van der Waals surface area contributed by atoms with Gasteiger partial charge in [-0.15, -0.1) is 0 Å². The first-order valence-corrected chi connectivity index (χ1v) is 5.70. The molecule has 1 unspecified atom stereocenters. The van der Waals surface area contributed by atoms with E-state index >= 15 is 0 Å². The summed E-state index contributed by atoms with van der Waals surface area (Å²) in [6.45, 7) is 7.22. The fourth-order valence-corrected chi connectivity index (χ4v) is 1.47. The lowest BCUT2D eigenvalue weighted by atomic mass is 10.1. The van der Waals surface area contributed by atoms with Gasteiger partial charge in [-0.1, -0.05) is 36.8 Å². The van der Waals surface area contributed by atoms with Crippen molar-refractivity contribution in [3.8, 4) is 0 Å². The number of likely N-dealkylation sites (N-methyl/N-ethyl adjacent to an activating group) is 1. The average molecular weight is 220 g/mol. The van der Waals surface area contributed by atoms with E-state index in [0.717, 1.165) is 12.1 Å². The molecular weight excluding hydrogens is 200 g/mol. The third-order valence-corrected chi connectivity index (χ3v) is 2.49. The summed E-state index contributed by atoms with van der Waals surface area (Å²) in [5, 5.41) is 5.95. The minimum atomic E-state index is 0.0370. The van der Waals surface area contributed by atoms with Gasteiger partial charge in [0.05, 0.1) is 12.6 Å². The lowest BCUT2D eigenvalue weighted by molar-refractivity contribution is -0.120. The number of hydrogen-bond acceptors (Lipinski definition) is 2. The molecule has 0 aromatic heterocycles. The van der Waals surface area contributed by atoms with Gasteiger partial charge < -0.3 is 10.6 Å². The van der Waals surface area contributed by atoms with Gasteiger partial charge in [0, 0.05) is 0 Å². The summed E-state index contributed by atoms with van der Waals surface area (Å²) in [7, 11) is 0. The summed E-state index contributed by atoms with van der Waals surface area (Å²) in [6, 6.07) is 8.28. The Kier molecular flexibility index (Phi) is 4.99. The predicted octanol–water partition coefficient (Wildman–Crippen LogP) is 1.78. The molecule has 0 heterocycles. The highest BCUT2D eigenvalue weighted by Gasteiger charge is 2.08. The molecule has 0 radical (unpaired) electrons. The maximum absolute atomic E-state index is 11.5. The zero-order valence-corrected chi connectivity index (χ0v) is 10.2. The first-order chi connectivity index (χ1) is 7.63. The molecule has 16 heavy (non-hydrogen) atoms. The Balaban J connectivity index is 2.48. The number of nitrogens with one attached hydrogen (secondary N) is 2. The number of carbonyl (C=O) groups is 1. The van der Waals surface area contributed by atoms with Crippen LogP contribution >= 0.6 is 0 Å². The average Bonchev–Trinajstić information content (AvgIpc) is 2.27. The number of aryl methyl sites for hydroxylation is 1. The third-order valence-electron chi connectivity index (χ3n) is 2.49. The Hall–Kier alpha value is -1.35. The molecule has 1 rings (SSSR count). The zero-order chi connectivity index (χ0) is 12.0. The van der Waals surface area contributed by atoms with Crippen molar-refractivity contribution in [3.63, 3.8) is 0 Å². The maximum Gasteiger partial charge on any atom is 0.234 e. The quantitative estimate of drug-likeness (QED) is 0.794. The van der Waals surface area contributed by atoms with Crippen molar-refractivity contribution in [1.82, 2.24) is 10.6 Å². The van der Waals surface area contributed by atoms with Crippen LogP contribution in [0, 0.1) is 6.92 Å². The van der Waals surface area contributed by atoms with E-state index < -0.39 is 0 Å². The van der Waals surface area contributed by atoms with Crippen LogP contribution in [0.15, 0.2) is 24.3 Å². The molecule has 1 amide bonds. The van der Waals surface area contributed by atoms with Crippen molar-refractivity contribution in [2.45, 2.75) is 26.8 Å². The van der Waals surface area contributed by atoms with Crippen LogP contribution in [-0.4, -0.2) is 19.0 Å². The zero-order valence-electron chi connectivity index (χ0n) is 10.2. The molecule has 0 saturated heterocycles. The van der Waals surface area contributed by atoms with E-state index in [1.54, 1.807) is 0 Å². The molecule has 0 aliphatic carbocycles. The normalized spacial score (nSPS) is 12.2. The minimum absolute atomic E-state index is 0.0370. The third kappa shape index (κ3) is 4.03. The first-order valence-electron chi connectivity index (χ1n) is 5.70. The largest absolute Gasteiger partial charge is 0.348 e. The highest BCUT2D eigenvalue weighted by Crippen LogP contribution is 2.12. The van der Waals surface area contributed by atoms with Gasteiger partial charge >= 0.3 is 0 Å². The van der Waals surface area contributed by atoms with E-state index in [2.05, 4.69) is 29.7 Å². The fraction of sp³-hybridized carbons (Fsp3) is 0.462. The van der Waals surface area contributed by atoms with Gasteiger partial charge in [-0.25, -0.2) is 0 Å². The van der Waals surface area contributed by atoms with Crippen LogP contribution in [0.4, 0.5) is 0 Å². The standard InChI is InChI=1S/C13H20N2O/c1-4-14-9-13(16)15-11(3)12-7-5-10(2)6-8-12/h5-8,11,14H,4,9H2,1-3H3,(H,15,16). The van der Waals surface area contributed by atoms with E-state index in [1.807, 2.05) is 26.0 Å². The smallest absolute Gasteiger partial charge is 0.234 e. The summed E-state index contributed by atoms with van der Waals surface area (Å²) in [6.07, 6.45) is 0. The van der Waals surface area contributed by atoms with Crippen molar-refractivity contribution in [3.05, 3.63) is 35.4 Å². The summed E-state index contributed by atoms with van der Waals surface area (Å²) < 4.78 is 0. The molecule has 3 heteroatoms. The van der Waals surface area contributed by atoms with Gasteiger partial charge in [0.1, 0.15) is 0 Å². The Morgan fingerprint density at radius 1 is 1.31 bits per heavy atom. The molecule has 0 aliphatic rings. The molecule has 0 saturated carbocycles. The molecule has 0 spiro atoms. The van der Waals surface area contributed by atoms with E-state index in [-0.39, 0.29) is 11.9 Å². The Bertz CT molecular complexity index is 332. The van der Waals surface area contributed by atoms with Gasteiger partial charge in [0.2, 0.25) is 5.91 Å². The number of carbonyl (C=O) groups excluding carboxylic acids is 1. The van der Waals surface area contributed by atoms with E-state index in [4.69, 9.17) is 0 Å². The molecule has 3 nitrogen and oxygen atoms in total. The summed E-state index contributed by atoms with van der Waals surface area (Å²) >= 11 is 0. The van der Waals surface area contributed by atoms with Crippen molar-refractivity contribution in [1.29, 1.82) is 0 Å². The van der Waals surface area contributed by atoms with Crippen molar-refractivity contribution in [2.24, 2.45) is 0 Å². The minimum Gasteiger partial charge on any atom is -0.348 e. The van der Waals surface area contributed by atoms with E-state index in [1.165, 1.54) is 5.56 Å². The van der Waals surface area contributed by atoms with Crippen LogP contribution in [0.3, 0.4) is 0 Å². The number of hydrogen-bond donors (Lipinski definition) is 2. The predicted molar refractivity (Wildman–Crippen MR) is 66.3 cm³/mol. The number of rotatable bonds is 5. The van der Waals surface area contributed by atoms with Crippen molar-refractivity contribution >= 4 is 5.91 Å². The van der Waals surface area contributed by atoms with Crippen LogP contribution in [0.5, 0.6) is 0 Å². The highest BCUT2D eigenvalue weighted by atomic mass is 16.1.